The van der Waals surface area contributed by atoms with Crippen molar-refractivity contribution < 1.29 is 9.53 Å². The highest BCUT2D eigenvalue weighted by Crippen LogP contribution is 2.28. The number of hydrogen-bond donors (Lipinski definition) is 0. The molecule has 0 aliphatic carbocycles. The summed E-state index contributed by atoms with van der Waals surface area (Å²) in [4.78, 5) is 29.0. The molecule has 0 spiro atoms. The number of pyridine rings is 1. The molecular weight excluding hydrogens is 403 g/mol. The van der Waals surface area contributed by atoms with Gasteiger partial charge < -0.3 is 14.5 Å². The summed E-state index contributed by atoms with van der Waals surface area (Å²) in [6.45, 7) is 6.72. The van der Waals surface area contributed by atoms with Crippen LogP contribution in [0.5, 0.6) is 0 Å². The molecule has 10 heteroatoms. The molecule has 1 aliphatic heterocycles. The van der Waals surface area contributed by atoms with Gasteiger partial charge in [0.2, 0.25) is 5.28 Å². The summed E-state index contributed by atoms with van der Waals surface area (Å²) in [7, 11) is 0. The first kappa shape index (κ1) is 20.4. The van der Waals surface area contributed by atoms with E-state index >= 15 is 0 Å². The van der Waals surface area contributed by atoms with Gasteiger partial charge in [0.25, 0.3) is 0 Å². The van der Waals surface area contributed by atoms with Crippen LogP contribution in [0.15, 0.2) is 12.3 Å². The van der Waals surface area contributed by atoms with Crippen molar-refractivity contribution in [3.8, 4) is 6.07 Å². The van der Waals surface area contributed by atoms with E-state index in [-0.39, 0.29) is 17.7 Å². The molecule has 1 aliphatic rings. The van der Waals surface area contributed by atoms with Crippen LogP contribution in [-0.4, -0.2) is 57.2 Å². The molecule has 28 heavy (non-hydrogen) atoms. The number of halogens is 2. The van der Waals surface area contributed by atoms with E-state index in [9.17, 15) is 10.1 Å². The van der Waals surface area contributed by atoms with Gasteiger partial charge in [-0.25, -0.2) is 14.8 Å². The molecule has 2 aromatic rings. The molecule has 1 atom stereocenters. The maximum Gasteiger partial charge on any atom is 0.410 e. The van der Waals surface area contributed by atoms with Crippen LogP contribution >= 0.6 is 23.2 Å². The summed E-state index contributed by atoms with van der Waals surface area (Å²) in [6, 6.07) is 3.47. The Labute approximate surface area is 173 Å². The summed E-state index contributed by atoms with van der Waals surface area (Å²) in [5, 5.41) is 9.76. The van der Waals surface area contributed by atoms with E-state index in [2.05, 4.69) is 21.0 Å². The van der Waals surface area contributed by atoms with Gasteiger partial charge in [0.1, 0.15) is 11.1 Å². The van der Waals surface area contributed by atoms with Gasteiger partial charge in [-0.15, -0.1) is 0 Å². The lowest BCUT2D eigenvalue weighted by atomic mass is 10.1. The number of ether oxygens (including phenoxy) is 1. The van der Waals surface area contributed by atoms with Crippen LogP contribution < -0.4 is 4.90 Å². The lowest BCUT2D eigenvalue weighted by molar-refractivity contribution is 0.0145. The summed E-state index contributed by atoms with van der Waals surface area (Å²) in [6.07, 6.45) is 1.27. The molecule has 8 nitrogen and oxygen atoms in total. The summed E-state index contributed by atoms with van der Waals surface area (Å²) in [5.74, 6) is 0.554. The summed E-state index contributed by atoms with van der Waals surface area (Å²) in [5.41, 5.74) is 0.495. The number of amides is 1. The first-order chi connectivity index (χ1) is 13.2. The molecule has 0 saturated carbocycles. The molecule has 1 unspecified atom stereocenters. The molecule has 3 heterocycles. The largest absolute Gasteiger partial charge is 0.444 e. The van der Waals surface area contributed by atoms with Crippen molar-refractivity contribution in [2.45, 2.75) is 38.8 Å². The minimum Gasteiger partial charge on any atom is -0.444 e. The minimum absolute atomic E-state index is 0.0815. The number of carbonyl (C=O) groups excluding carboxylic acids is 1. The topological polar surface area (TPSA) is 95.2 Å². The smallest absolute Gasteiger partial charge is 0.410 e. The number of nitrogens with zero attached hydrogens (tertiary/aromatic N) is 6. The molecule has 148 valence electrons. The Morgan fingerprint density at radius 1 is 1.36 bits per heavy atom. The average Bonchev–Trinajstić information content (AvgIpc) is 2.59. The fourth-order valence-electron chi connectivity index (χ4n) is 3.06. The zero-order chi connectivity index (χ0) is 20.5. The van der Waals surface area contributed by atoms with Crippen molar-refractivity contribution in [2.24, 2.45) is 0 Å². The van der Waals surface area contributed by atoms with E-state index in [0.29, 0.717) is 41.5 Å². The molecule has 1 fully saturated rings. The van der Waals surface area contributed by atoms with Gasteiger partial charge >= 0.3 is 6.09 Å². The predicted octanol–water partition coefficient (Wildman–Crippen LogP) is 3.67. The zero-order valence-corrected chi connectivity index (χ0v) is 17.3. The molecule has 0 bridgehead atoms. The van der Waals surface area contributed by atoms with E-state index in [1.807, 2.05) is 25.7 Å². The SMILES string of the molecule is CC(C)(C)OC(=O)N1CCN(c2nc(Cl)nc3cc(Cl)cnc23)CC1CC#N. The molecule has 1 saturated heterocycles. The van der Waals surface area contributed by atoms with E-state index in [1.54, 1.807) is 11.0 Å². The second-order valence-electron chi connectivity index (χ2n) is 7.47. The van der Waals surface area contributed by atoms with Gasteiger partial charge in [-0.3, -0.25) is 0 Å². The lowest BCUT2D eigenvalue weighted by Crippen LogP contribution is -2.56. The second kappa shape index (κ2) is 7.94. The van der Waals surface area contributed by atoms with E-state index < -0.39 is 11.7 Å². The highest BCUT2D eigenvalue weighted by molar-refractivity contribution is 6.31. The molecule has 3 rings (SSSR count). The van der Waals surface area contributed by atoms with Crippen LogP contribution in [0.25, 0.3) is 11.0 Å². The maximum absolute atomic E-state index is 12.5. The number of rotatable bonds is 2. The monoisotopic (exact) mass is 422 g/mol. The van der Waals surface area contributed by atoms with E-state index in [0.717, 1.165) is 0 Å². The third-order valence-electron chi connectivity index (χ3n) is 4.19. The van der Waals surface area contributed by atoms with Gasteiger partial charge in [0.05, 0.1) is 29.1 Å². The van der Waals surface area contributed by atoms with Gasteiger partial charge in [-0.05, 0) is 38.4 Å². The Hall–Kier alpha value is -2.37. The van der Waals surface area contributed by atoms with Crippen LogP contribution in [0.4, 0.5) is 10.6 Å². The number of anilines is 1. The number of hydrogen-bond acceptors (Lipinski definition) is 7. The Bertz CT molecular complexity index is 935. The highest BCUT2D eigenvalue weighted by atomic mass is 35.5. The summed E-state index contributed by atoms with van der Waals surface area (Å²) >= 11 is 12.1. The van der Waals surface area contributed by atoms with E-state index in [1.165, 1.54) is 6.20 Å². The van der Waals surface area contributed by atoms with Crippen molar-refractivity contribution in [3.63, 3.8) is 0 Å². The van der Waals surface area contributed by atoms with E-state index in [4.69, 9.17) is 27.9 Å². The lowest BCUT2D eigenvalue weighted by Gasteiger charge is -2.41. The third-order valence-corrected chi connectivity index (χ3v) is 4.57. The first-order valence-corrected chi connectivity index (χ1v) is 9.54. The maximum atomic E-state index is 12.5. The predicted molar refractivity (Wildman–Crippen MR) is 107 cm³/mol. The minimum atomic E-state index is -0.606. The van der Waals surface area contributed by atoms with Gasteiger partial charge in [0, 0.05) is 25.8 Å². The number of nitriles is 1. The zero-order valence-electron chi connectivity index (χ0n) is 15.8. The molecule has 0 N–H and O–H groups in total. The normalized spacial score (nSPS) is 17.5. The van der Waals surface area contributed by atoms with Crippen LogP contribution in [0.3, 0.4) is 0 Å². The average molecular weight is 423 g/mol. The quantitative estimate of drug-likeness (QED) is 0.680. The highest BCUT2D eigenvalue weighted by Gasteiger charge is 2.34. The van der Waals surface area contributed by atoms with Crippen LogP contribution in [-0.2, 0) is 4.74 Å². The van der Waals surface area contributed by atoms with Crippen LogP contribution in [0.2, 0.25) is 10.3 Å². The number of piperazine rings is 1. The Morgan fingerprint density at radius 3 is 2.79 bits per heavy atom. The molecule has 0 aromatic carbocycles. The summed E-state index contributed by atoms with van der Waals surface area (Å²) < 4.78 is 5.48. The van der Waals surface area contributed by atoms with Crippen molar-refractivity contribution >= 4 is 46.1 Å². The molecular formula is C18H20Cl2N6O2. The van der Waals surface area contributed by atoms with Crippen molar-refractivity contribution in [2.75, 3.05) is 24.5 Å². The second-order valence-corrected chi connectivity index (χ2v) is 8.25. The molecule has 1 amide bonds. The Balaban J connectivity index is 1.89. The third kappa shape index (κ3) is 4.54. The van der Waals surface area contributed by atoms with Gasteiger partial charge in [0.15, 0.2) is 5.82 Å². The standard InChI is InChI=1S/C18H20Cl2N6O2/c1-18(2,3)28-17(27)26-7-6-25(10-12(26)4-5-21)15-14-13(23-16(20)24-15)8-11(19)9-22-14/h8-9,12H,4,6-7,10H2,1-3H3. The number of carbonyl (C=O) groups is 1. The number of aromatic nitrogens is 3. The first-order valence-electron chi connectivity index (χ1n) is 8.78. The fraction of sp³-hybridized carbons (Fsp3) is 0.500. The Kier molecular flexibility index (Phi) is 5.77. The van der Waals surface area contributed by atoms with Gasteiger partial charge in [-0.1, -0.05) is 11.6 Å². The van der Waals surface area contributed by atoms with Crippen molar-refractivity contribution in [3.05, 3.63) is 22.6 Å². The Morgan fingerprint density at radius 2 is 2.11 bits per heavy atom. The van der Waals surface area contributed by atoms with Crippen LogP contribution in [0, 0.1) is 11.3 Å². The molecule has 2 aromatic heterocycles. The van der Waals surface area contributed by atoms with Gasteiger partial charge in [-0.2, -0.15) is 10.2 Å². The van der Waals surface area contributed by atoms with Crippen molar-refractivity contribution in [1.29, 1.82) is 5.26 Å². The molecule has 0 radical (unpaired) electrons. The van der Waals surface area contributed by atoms with Crippen LogP contribution in [0.1, 0.15) is 27.2 Å². The fourth-order valence-corrected chi connectivity index (χ4v) is 3.38. The number of fused-ring (bicyclic) bond motifs is 1. The van der Waals surface area contributed by atoms with Crippen molar-refractivity contribution in [1.82, 2.24) is 19.9 Å².